The van der Waals surface area contributed by atoms with Crippen LogP contribution in [0.2, 0.25) is 0 Å². The quantitative estimate of drug-likeness (QED) is 0.622. The number of carbonyl (C=O) groups excluding carboxylic acids is 2. The molecule has 0 atom stereocenters. The molecule has 2 aromatic rings. The minimum absolute atomic E-state index is 0.145. The van der Waals surface area contributed by atoms with Crippen molar-refractivity contribution in [3.05, 3.63) is 70.3 Å². The van der Waals surface area contributed by atoms with E-state index in [4.69, 9.17) is 4.74 Å². The molecule has 0 unspecified atom stereocenters. The summed E-state index contributed by atoms with van der Waals surface area (Å²) in [6.07, 6.45) is 0. The topological polar surface area (TPSA) is 111 Å². The zero-order chi connectivity index (χ0) is 17.4. The Bertz CT molecular complexity index is 734. The van der Waals surface area contributed by atoms with E-state index in [1.165, 1.54) is 24.3 Å². The lowest BCUT2D eigenvalue weighted by molar-refractivity contribution is -0.384. The Morgan fingerprint density at radius 2 is 1.83 bits per heavy atom. The summed E-state index contributed by atoms with van der Waals surface area (Å²) in [4.78, 5) is 33.3. The number of nitro groups is 1. The molecule has 0 aliphatic heterocycles. The molecule has 0 spiro atoms. The molecule has 0 aliphatic rings. The minimum atomic E-state index is -0.660. The summed E-state index contributed by atoms with van der Waals surface area (Å²) in [6, 6.07) is 14.0. The van der Waals surface area contributed by atoms with E-state index in [2.05, 4.69) is 10.6 Å². The first-order valence-corrected chi connectivity index (χ1v) is 7.03. The largest absolute Gasteiger partial charge is 0.484 e. The summed E-state index contributed by atoms with van der Waals surface area (Å²) < 4.78 is 5.13. The van der Waals surface area contributed by atoms with Crippen LogP contribution < -0.4 is 15.4 Å². The number of hydrogen-bond acceptors (Lipinski definition) is 5. The number of amides is 3. The normalized spacial score (nSPS) is 9.83. The first-order chi connectivity index (χ1) is 11.5. The number of nitro benzene ring substituents is 1. The van der Waals surface area contributed by atoms with Crippen LogP contribution in [0.3, 0.4) is 0 Å². The molecule has 0 fully saturated rings. The number of nitrogens with zero attached hydrogens (tertiary/aromatic N) is 1. The van der Waals surface area contributed by atoms with E-state index in [9.17, 15) is 19.7 Å². The Kier molecular flexibility index (Phi) is 5.84. The Morgan fingerprint density at radius 3 is 2.54 bits per heavy atom. The first-order valence-electron chi connectivity index (χ1n) is 7.03. The van der Waals surface area contributed by atoms with Crippen molar-refractivity contribution in [1.29, 1.82) is 0 Å². The van der Waals surface area contributed by atoms with Crippen LogP contribution >= 0.6 is 0 Å². The van der Waals surface area contributed by atoms with Crippen molar-refractivity contribution in [2.75, 3.05) is 6.61 Å². The number of hydrogen-bond donors (Lipinski definition) is 2. The predicted octanol–water partition coefficient (Wildman–Crippen LogP) is 2.00. The standard InChI is InChI=1S/C16H15N3O5/c20-15(11-24-14-8-4-7-13(9-14)19(22)23)18-16(21)17-10-12-5-2-1-3-6-12/h1-9H,10-11H2,(H2,17,18,20,21). The van der Waals surface area contributed by atoms with Crippen LogP contribution in [0.1, 0.15) is 5.56 Å². The molecule has 2 rings (SSSR count). The van der Waals surface area contributed by atoms with Gasteiger partial charge < -0.3 is 10.1 Å². The van der Waals surface area contributed by atoms with Crippen molar-refractivity contribution >= 4 is 17.6 Å². The average Bonchev–Trinajstić information content (AvgIpc) is 2.59. The van der Waals surface area contributed by atoms with Gasteiger partial charge in [-0.25, -0.2) is 4.79 Å². The highest BCUT2D eigenvalue weighted by molar-refractivity contribution is 5.94. The third-order valence-electron chi connectivity index (χ3n) is 2.95. The molecule has 8 nitrogen and oxygen atoms in total. The van der Waals surface area contributed by atoms with Crippen molar-refractivity contribution < 1.29 is 19.2 Å². The van der Waals surface area contributed by atoms with E-state index < -0.39 is 23.5 Å². The van der Waals surface area contributed by atoms with Gasteiger partial charge in [0.15, 0.2) is 6.61 Å². The average molecular weight is 329 g/mol. The summed E-state index contributed by atoms with van der Waals surface area (Å²) in [5.41, 5.74) is 0.751. The summed E-state index contributed by atoms with van der Waals surface area (Å²) in [7, 11) is 0. The maximum Gasteiger partial charge on any atom is 0.321 e. The van der Waals surface area contributed by atoms with E-state index in [0.717, 1.165) is 5.56 Å². The maximum absolute atomic E-state index is 11.6. The third kappa shape index (κ3) is 5.41. The number of non-ortho nitro benzene ring substituents is 1. The molecular weight excluding hydrogens is 314 g/mol. The van der Waals surface area contributed by atoms with Gasteiger partial charge in [-0.15, -0.1) is 0 Å². The second kappa shape index (κ2) is 8.28. The van der Waals surface area contributed by atoms with Crippen LogP contribution in [0.4, 0.5) is 10.5 Å². The van der Waals surface area contributed by atoms with Crippen LogP contribution in [0.5, 0.6) is 5.75 Å². The summed E-state index contributed by atoms with van der Waals surface area (Å²) >= 11 is 0. The zero-order valence-electron chi connectivity index (χ0n) is 12.6. The van der Waals surface area contributed by atoms with Gasteiger partial charge in [-0.05, 0) is 11.6 Å². The van der Waals surface area contributed by atoms with E-state index in [1.54, 1.807) is 0 Å². The second-order valence-electron chi connectivity index (χ2n) is 4.76. The molecule has 2 aromatic carbocycles. The number of urea groups is 1. The number of carbonyl (C=O) groups is 2. The van der Waals surface area contributed by atoms with Gasteiger partial charge in [-0.2, -0.15) is 0 Å². The Morgan fingerprint density at radius 1 is 1.08 bits per heavy atom. The number of imide groups is 1. The van der Waals surface area contributed by atoms with Crippen molar-refractivity contribution in [1.82, 2.24) is 10.6 Å². The predicted molar refractivity (Wildman–Crippen MR) is 85.4 cm³/mol. The van der Waals surface area contributed by atoms with Gasteiger partial charge in [0.2, 0.25) is 0 Å². The van der Waals surface area contributed by atoms with Crippen LogP contribution in [0, 0.1) is 10.1 Å². The van der Waals surface area contributed by atoms with Crippen molar-refractivity contribution in [2.45, 2.75) is 6.54 Å². The van der Waals surface area contributed by atoms with E-state index in [1.807, 2.05) is 30.3 Å². The molecule has 2 N–H and O–H groups in total. The monoisotopic (exact) mass is 329 g/mol. The van der Waals surface area contributed by atoms with Crippen molar-refractivity contribution in [3.8, 4) is 5.75 Å². The highest BCUT2D eigenvalue weighted by Gasteiger charge is 2.10. The van der Waals surface area contributed by atoms with Crippen LogP contribution in [0.15, 0.2) is 54.6 Å². The van der Waals surface area contributed by atoms with Gasteiger partial charge in [0, 0.05) is 12.6 Å². The Hall–Kier alpha value is -3.42. The summed E-state index contributed by atoms with van der Waals surface area (Å²) in [6.45, 7) is -0.147. The smallest absolute Gasteiger partial charge is 0.321 e. The SMILES string of the molecule is O=C(COc1cccc([N+](=O)[O-])c1)NC(=O)NCc1ccccc1. The van der Waals surface area contributed by atoms with Gasteiger partial charge >= 0.3 is 6.03 Å². The van der Waals surface area contributed by atoms with E-state index >= 15 is 0 Å². The summed E-state index contributed by atoms with van der Waals surface area (Å²) in [5.74, 6) is -0.490. The van der Waals surface area contributed by atoms with E-state index in [-0.39, 0.29) is 18.0 Å². The first kappa shape index (κ1) is 16.9. The molecule has 24 heavy (non-hydrogen) atoms. The lowest BCUT2D eigenvalue weighted by atomic mass is 10.2. The van der Waals surface area contributed by atoms with Crippen LogP contribution in [0.25, 0.3) is 0 Å². The van der Waals surface area contributed by atoms with Crippen molar-refractivity contribution in [3.63, 3.8) is 0 Å². The lowest BCUT2D eigenvalue weighted by Crippen LogP contribution is -2.41. The molecule has 3 amide bonds. The molecule has 8 heteroatoms. The molecule has 0 aromatic heterocycles. The Labute approximate surface area is 137 Å². The zero-order valence-corrected chi connectivity index (χ0v) is 12.6. The maximum atomic E-state index is 11.6. The lowest BCUT2D eigenvalue weighted by Gasteiger charge is -2.08. The molecular formula is C16H15N3O5. The molecule has 0 heterocycles. The number of nitrogens with one attached hydrogen (secondary N) is 2. The molecule has 0 aliphatic carbocycles. The van der Waals surface area contributed by atoms with Gasteiger partial charge in [0.05, 0.1) is 11.0 Å². The van der Waals surface area contributed by atoms with Gasteiger partial charge in [0.1, 0.15) is 5.75 Å². The van der Waals surface area contributed by atoms with Crippen LogP contribution in [-0.4, -0.2) is 23.5 Å². The fourth-order valence-electron chi connectivity index (χ4n) is 1.82. The number of rotatable bonds is 6. The van der Waals surface area contributed by atoms with Gasteiger partial charge in [0.25, 0.3) is 11.6 Å². The second-order valence-corrected chi connectivity index (χ2v) is 4.76. The highest BCUT2D eigenvalue weighted by atomic mass is 16.6. The molecule has 0 saturated heterocycles. The van der Waals surface area contributed by atoms with Crippen molar-refractivity contribution in [2.24, 2.45) is 0 Å². The minimum Gasteiger partial charge on any atom is -0.484 e. The van der Waals surface area contributed by atoms with Gasteiger partial charge in [-0.1, -0.05) is 36.4 Å². The van der Waals surface area contributed by atoms with E-state index in [0.29, 0.717) is 0 Å². The molecule has 0 saturated carbocycles. The summed E-state index contributed by atoms with van der Waals surface area (Å²) in [5, 5.41) is 15.3. The molecule has 0 bridgehead atoms. The number of benzene rings is 2. The fraction of sp³-hybridized carbons (Fsp3) is 0.125. The van der Waals surface area contributed by atoms with Gasteiger partial charge in [-0.3, -0.25) is 20.2 Å². The fourth-order valence-corrected chi connectivity index (χ4v) is 1.82. The highest BCUT2D eigenvalue weighted by Crippen LogP contribution is 2.18. The third-order valence-corrected chi connectivity index (χ3v) is 2.95. The van der Waals surface area contributed by atoms with Crippen LogP contribution in [-0.2, 0) is 11.3 Å². The number of ether oxygens (including phenoxy) is 1. The Balaban J connectivity index is 1.75. The molecule has 0 radical (unpaired) electrons. The molecule has 124 valence electrons.